The lowest BCUT2D eigenvalue weighted by Crippen LogP contribution is -2.15. The zero-order chi connectivity index (χ0) is 16.2. The first-order valence-electron chi connectivity index (χ1n) is 7.73. The zero-order valence-corrected chi connectivity index (χ0v) is 14.3. The van der Waals surface area contributed by atoms with E-state index in [0.717, 1.165) is 29.6 Å². The van der Waals surface area contributed by atoms with Crippen molar-refractivity contribution in [3.63, 3.8) is 0 Å². The topological polar surface area (TPSA) is 49.2 Å². The second kappa shape index (κ2) is 7.17. The molecule has 3 rings (SSSR count). The molecular formula is C18H21N3OS. The van der Waals surface area contributed by atoms with E-state index in [1.807, 2.05) is 12.1 Å². The van der Waals surface area contributed by atoms with Crippen LogP contribution in [0, 0.1) is 0 Å². The highest BCUT2D eigenvalue weighted by Crippen LogP contribution is 2.36. The molecule has 0 amide bonds. The highest BCUT2D eigenvalue weighted by atomic mass is 32.1. The lowest BCUT2D eigenvalue weighted by Gasteiger charge is -2.14. The molecule has 23 heavy (non-hydrogen) atoms. The minimum Gasteiger partial charge on any atom is -0.388 e. The fourth-order valence-corrected chi connectivity index (χ4v) is 3.98. The average molecular weight is 327 g/mol. The Morgan fingerprint density at radius 2 is 2.04 bits per heavy atom. The molecule has 2 heterocycles. The van der Waals surface area contributed by atoms with Gasteiger partial charge < -0.3 is 10.0 Å². The molecule has 0 saturated carbocycles. The highest BCUT2D eigenvalue weighted by Gasteiger charge is 2.20. The Morgan fingerprint density at radius 3 is 2.78 bits per heavy atom. The third-order valence-corrected chi connectivity index (χ3v) is 5.10. The molecule has 0 fully saturated rings. The van der Waals surface area contributed by atoms with Crippen molar-refractivity contribution >= 4 is 21.4 Å². The number of thiophene rings is 1. The maximum absolute atomic E-state index is 10.8. The van der Waals surface area contributed by atoms with E-state index in [0.29, 0.717) is 6.42 Å². The van der Waals surface area contributed by atoms with Gasteiger partial charge >= 0.3 is 0 Å². The van der Waals surface area contributed by atoms with Gasteiger partial charge in [-0.3, -0.25) is 9.97 Å². The maximum Gasteiger partial charge on any atom is 0.0862 e. The van der Waals surface area contributed by atoms with Gasteiger partial charge in [0.25, 0.3) is 0 Å². The second-order valence-corrected chi connectivity index (χ2v) is 7.04. The molecule has 1 N–H and O–H groups in total. The third-order valence-electron chi connectivity index (χ3n) is 3.85. The van der Waals surface area contributed by atoms with Gasteiger partial charge in [0.15, 0.2) is 0 Å². The number of likely N-dealkylation sites (N-methyl/N-ethyl adjacent to an activating group) is 1. The fourth-order valence-electron chi connectivity index (χ4n) is 2.73. The van der Waals surface area contributed by atoms with Crippen LogP contribution in [0.5, 0.6) is 0 Å². The van der Waals surface area contributed by atoms with E-state index in [4.69, 9.17) is 0 Å². The standard InChI is InChI=1S/C18H21N3OS/c1-21(2)10-7-17-18(14-5-3-4-6-16(14)23-17)15(22)11-13-12-19-8-9-20-13/h3-6,8-9,12,15,22H,7,10-11H2,1-2H3. The highest BCUT2D eigenvalue weighted by molar-refractivity contribution is 7.19. The number of hydrogen-bond donors (Lipinski definition) is 1. The summed E-state index contributed by atoms with van der Waals surface area (Å²) in [6.45, 7) is 0.970. The molecule has 1 atom stereocenters. The molecule has 5 heteroatoms. The van der Waals surface area contributed by atoms with Gasteiger partial charge in [0, 0.05) is 46.7 Å². The molecule has 0 aliphatic carbocycles. The molecular weight excluding hydrogens is 306 g/mol. The van der Waals surface area contributed by atoms with E-state index in [2.05, 4.69) is 41.1 Å². The number of aliphatic hydroxyl groups is 1. The quantitative estimate of drug-likeness (QED) is 0.756. The van der Waals surface area contributed by atoms with Crippen LogP contribution in [0.1, 0.15) is 22.2 Å². The number of aromatic nitrogens is 2. The molecule has 4 nitrogen and oxygen atoms in total. The molecule has 1 aromatic carbocycles. The zero-order valence-electron chi connectivity index (χ0n) is 13.4. The normalized spacial score (nSPS) is 12.9. The van der Waals surface area contributed by atoms with Crippen LogP contribution in [-0.2, 0) is 12.8 Å². The number of benzene rings is 1. The predicted octanol–water partition coefficient (Wildman–Crippen LogP) is 3.07. The minimum atomic E-state index is -0.556. The summed E-state index contributed by atoms with van der Waals surface area (Å²) in [5.74, 6) is 0. The first-order valence-corrected chi connectivity index (χ1v) is 8.55. The van der Waals surface area contributed by atoms with Crippen molar-refractivity contribution in [2.24, 2.45) is 0 Å². The van der Waals surface area contributed by atoms with Crippen molar-refractivity contribution in [1.29, 1.82) is 0 Å². The van der Waals surface area contributed by atoms with Crippen LogP contribution in [0.2, 0.25) is 0 Å². The molecule has 0 radical (unpaired) electrons. The van der Waals surface area contributed by atoms with Gasteiger partial charge in [-0.2, -0.15) is 0 Å². The van der Waals surface area contributed by atoms with Gasteiger partial charge in [0.1, 0.15) is 0 Å². The van der Waals surface area contributed by atoms with E-state index in [-0.39, 0.29) is 0 Å². The van der Waals surface area contributed by atoms with Crippen LogP contribution < -0.4 is 0 Å². The largest absolute Gasteiger partial charge is 0.388 e. The lowest BCUT2D eigenvalue weighted by atomic mass is 10.00. The van der Waals surface area contributed by atoms with Crippen LogP contribution >= 0.6 is 11.3 Å². The fraction of sp³-hybridized carbons (Fsp3) is 0.333. The van der Waals surface area contributed by atoms with Crippen molar-refractivity contribution in [2.45, 2.75) is 18.9 Å². The molecule has 0 aliphatic rings. The Hall–Kier alpha value is -1.82. The smallest absolute Gasteiger partial charge is 0.0862 e. The van der Waals surface area contributed by atoms with Gasteiger partial charge in [-0.1, -0.05) is 18.2 Å². The molecule has 1 unspecified atom stereocenters. The van der Waals surface area contributed by atoms with Crippen molar-refractivity contribution in [3.8, 4) is 0 Å². The van der Waals surface area contributed by atoms with E-state index in [1.165, 1.54) is 9.58 Å². The predicted molar refractivity (Wildman–Crippen MR) is 94.8 cm³/mol. The average Bonchev–Trinajstić information content (AvgIpc) is 2.92. The SMILES string of the molecule is CN(C)CCc1sc2ccccc2c1C(O)Cc1cnccn1. The number of fused-ring (bicyclic) bond motifs is 1. The van der Waals surface area contributed by atoms with Gasteiger partial charge in [-0.05, 0) is 32.0 Å². The Kier molecular flexibility index (Phi) is 5.00. The van der Waals surface area contributed by atoms with Gasteiger partial charge in [-0.15, -0.1) is 11.3 Å². The van der Waals surface area contributed by atoms with Crippen LogP contribution in [-0.4, -0.2) is 40.6 Å². The summed E-state index contributed by atoms with van der Waals surface area (Å²) in [7, 11) is 4.14. The Bertz CT molecular complexity index is 770. The number of hydrogen-bond acceptors (Lipinski definition) is 5. The summed E-state index contributed by atoms with van der Waals surface area (Å²) in [4.78, 5) is 11.8. The number of aliphatic hydroxyl groups excluding tert-OH is 1. The third kappa shape index (κ3) is 3.75. The molecule has 120 valence electrons. The van der Waals surface area contributed by atoms with Crippen LogP contribution in [0.25, 0.3) is 10.1 Å². The Morgan fingerprint density at radius 1 is 1.22 bits per heavy atom. The van der Waals surface area contributed by atoms with Crippen molar-refractivity contribution < 1.29 is 5.11 Å². The molecule has 2 aromatic heterocycles. The van der Waals surface area contributed by atoms with Crippen molar-refractivity contribution in [3.05, 3.63) is 59.0 Å². The lowest BCUT2D eigenvalue weighted by molar-refractivity contribution is 0.178. The second-order valence-electron chi connectivity index (χ2n) is 5.91. The Balaban J connectivity index is 1.94. The van der Waals surface area contributed by atoms with E-state index < -0.39 is 6.10 Å². The van der Waals surface area contributed by atoms with Crippen molar-refractivity contribution in [2.75, 3.05) is 20.6 Å². The Labute approximate surface area is 140 Å². The van der Waals surface area contributed by atoms with E-state index in [9.17, 15) is 5.11 Å². The number of rotatable bonds is 6. The van der Waals surface area contributed by atoms with Gasteiger partial charge in [-0.25, -0.2) is 0 Å². The summed E-state index contributed by atoms with van der Waals surface area (Å²) in [5, 5.41) is 12.0. The van der Waals surface area contributed by atoms with Crippen LogP contribution in [0.4, 0.5) is 0 Å². The van der Waals surface area contributed by atoms with Gasteiger partial charge in [0.05, 0.1) is 11.8 Å². The molecule has 0 saturated heterocycles. The summed E-state index contributed by atoms with van der Waals surface area (Å²) < 4.78 is 1.23. The van der Waals surface area contributed by atoms with E-state index in [1.54, 1.807) is 29.9 Å². The van der Waals surface area contributed by atoms with Crippen LogP contribution in [0.3, 0.4) is 0 Å². The monoisotopic (exact) mass is 327 g/mol. The van der Waals surface area contributed by atoms with Gasteiger partial charge in [0.2, 0.25) is 0 Å². The summed E-state index contributed by atoms with van der Waals surface area (Å²) >= 11 is 1.78. The van der Waals surface area contributed by atoms with E-state index >= 15 is 0 Å². The molecule has 0 aliphatic heterocycles. The summed E-state index contributed by atoms with van der Waals surface area (Å²) in [6, 6.07) is 8.30. The molecule has 0 spiro atoms. The molecule has 0 bridgehead atoms. The van der Waals surface area contributed by atoms with Crippen molar-refractivity contribution in [1.82, 2.24) is 14.9 Å². The number of nitrogens with zero attached hydrogens (tertiary/aromatic N) is 3. The first kappa shape index (κ1) is 16.1. The minimum absolute atomic E-state index is 0.490. The molecule has 3 aromatic rings. The van der Waals surface area contributed by atoms with Crippen LogP contribution in [0.15, 0.2) is 42.9 Å². The summed E-state index contributed by atoms with van der Waals surface area (Å²) in [6.07, 6.45) is 5.92. The summed E-state index contributed by atoms with van der Waals surface area (Å²) in [5.41, 5.74) is 1.87. The first-order chi connectivity index (χ1) is 11.1. The maximum atomic E-state index is 10.8.